The molecule has 2 atom stereocenters. The van der Waals surface area contributed by atoms with Gasteiger partial charge in [-0.15, -0.1) is 0 Å². The van der Waals surface area contributed by atoms with Gasteiger partial charge < -0.3 is 15.1 Å². The van der Waals surface area contributed by atoms with Gasteiger partial charge in [0.1, 0.15) is 11.9 Å². The molecule has 1 aromatic rings. The molecule has 1 saturated heterocycles. The number of rotatable bonds is 6. The second-order valence-corrected chi connectivity index (χ2v) is 7.10. The summed E-state index contributed by atoms with van der Waals surface area (Å²) in [6, 6.07) is 6.36. The van der Waals surface area contributed by atoms with E-state index in [0.717, 1.165) is 11.3 Å². The van der Waals surface area contributed by atoms with E-state index in [-0.39, 0.29) is 18.3 Å². The predicted molar refractivity (Wildman–Crippen MR) is 89.6 cm³/mol. The molecule has 0 unspecified atom stereocenters. The molecule has 128 valence electrons. The van der Waals surface area contributed by atoms with Gasteiger partial charge in [-0.25, -0.2) is 4.39 Å². The molecule has 23 heavy (non-hydrogen) atoms. The van der Waals surface area contributed by atoms with Crippen LogP contribution in [-0.2, 0) is 10.5 Å². The van der Waals surface area contributed by atoms with Crippen molar-refractivity contribution in [3.8, 4) is 0 Å². The smallest absolute Gasteiger partial charge is 0.223 e. The molecule has 1 aliphatic heterocycles. The van der Waals surface area contributed by atoms with Gasteiger partial charge in [0, 0.05) is 31.0 Å². The third-order valence-electron chi connectivity index (χ3n) is 4.44. The third-order valence-corrected chi connectivity index (χ3v) is 5.47. The number of benzene rings is 1. The molecule has 1 amide bonds. The molecule has 0 saturated carbocycles. The number of thioether (sulfide) groups is 1. The second kappa shape index (κ2) is 8.13. The molecule has 1 aliphatic rings. The summed E-state index contributed by atoms with van der Waals surface area (Å²) >= 11 is 1.63. The van der Waals surface area contributed by atoms with Gasteiger partial charge in [0.25, 0.3) is 0 Å². The Hall–Kier alpha value is -1.11. The van der Waals surface area contributed by atoms with E-state index < -0.39 is 11.7 Å². The number of carbonyl (C=O) groups is 1. The van der Waals surface area contributed by atoms with Crippen molar-refractivity contribution in [2.45, 2.75) is 43.6 Å². The number of nitrogens with zero attached hydrogens (tertiary/aromatic N) is 1. The Labute approximate surface area is 140 Å². The van der Waals surface area contributed by atoms with Crippen molar-refractivity contribution in [2.24, 2.45) is 0 Å². The van der Waals surface area contributed by atoms with E-state index in [1.807, 2.05) is 6.92 Å². The monoisotopic (exact) mass is 341 g/mol. The molecule has 2 N–H and O–H groups in total. The quantitative estimate of drug-likeness (QED) is 0.779. The number of β-amino-alcohol motifs (C(OH)–C–C–N with tert-alkyl or cyclic N) is 1. The van der Waals surface area contributed by atoms with E-state index in [1.165, 1.54) is 12.1 Å². The highest BCUT2D eigenvalue weighted by molar-refractivity contribution is 7.98. The molecule has 0 spiro atoms. The van der Waals surface area contributed by atoms with Gasteiger partial charge in [-0.3, -0.25) is 4.79 Å². The van der Waals surface area contributed by atoms with Crippen LogP contribution in [0.15, 0.2) is 24.3 Å². The largest absolute Gasteiger partial charge is 0.388 e. The fourth-order valence-corrected chi connectivity index (χ4v) is 3.58. The zero-order chi connectivity index (χ0) is 16.9. The van der Waals surface area contributed by atoms with Crippen LogP contribution >= 0.6 is 11.8 Å². The minimum atomic E-state index is -1.06. The average molecular weight is 341 g/mol. The number of halogens is 1. The summed E-state index contributed by atoms with van der Waals surface area (Å²) in [4.78, 5) is 13.8. The molecule has 1 fully saturated rings. The molecule has 0 aromatic heterocycles. The second-order valence-electron chi connectivity index (χ2n) is 5.99. The number of hydrogen-bond donors (Lipinski definition) is 2. The van der Waals surface area contributed by atoms with Gasteiger partial charge in [-0.05, 0) is 30.5 Å². The number of carbonyl (C=O) groups excluding carboxylic acids is 1. The summed E-state index contributed by atoms with van der Waals surface area (Å²) in [6.45, 7) is 2.53. The summed E-state index contributed by atoms with van der Waals surface area (Å²) in [5, 5.41) is 20.2. The van der Waals surface area contributed by atoms with Crippen LogP contribution < -0.4 is 0 Å². The summed E-state index contributed by atoms with van der Waals surface area (Å²) in [5.74, 6) is 1.19. The average Bonchev–Trinajstić information content (AvgIpc) is 2.55. The lowest BCUT2D eigenvalue weighted by Crippen LogP contribution is -2.56. The van der Waals surface area contributed by atoms with E-state index in [9.17, 15) is 19.4 Å². The number of piperidine rings is 1. The summed E-state index contributed by atoms with van der Waals surface area (Å²) < 4.78 is 12.8. The lowest BCUT2D eigenvalue weighted by Gasteiger charge is -2.41. The molecular weight excluding hydrogens is 317 g/mol. The zero-order valence-corrected chi connectivity index (χ0v) is 14.2. The maximum absolute atomic E-state index is 12.8. The first-order valence-corrected chi connectivity index (χ1v) is 9.10. The highest BCUT2D eigenvalue weighted by atomic mass is 32.2. The van der Waals surface area contributed by atoms with Gasteiger partial charge in [-0.2, -0.15) is 11.8 Å². The van der Waals surface area contributed by atoms with Gasteiger partial charge in [-0.1, -0.05) is 19.1 Å². The van der Waals surface area contributed by atoms with E-state index in [2.05, 4.69) is 0 Å². The first-order valence-electron chi connectivity index (χ1n) is 7.95. The Morgan fingerprint density at radius 3 is 2.74 bits per heavy atom. The minimum Gasteiger partial charge on any atom is -0.388 e. The molecule has 4 nitrogen and oxygen atoms in total. The lowest BCUT2D eigenvalue weighted by atomic mass is 9.86. The zero-order valence-electron chi connectivity index (χ0n) is 13.4. The van der Waals surface area contributed by atoms with Crippen molar-refractivity contribution in [1.82, 2.24) is 4.90 Å². The Morgan fingerprint density at radius 1 is 1.43 bits per heavy atom. The summed E-state index contributed by atoms with van der Waals surface area (Å²) in [7, 11) is 0. The number of hydrogen-bond acceptors (Lipinski definition) is 4. The number of likely N-dealkylation sites (tertiary alicyclic amines) is 1. The van der Waals surface area contributed by atoms with Crippen molar-refractivity contribution in [2.75, 3.05) is 18.8 Å². The van der Waals surface area contributed by atoms with Gasteiger partial charge in [0.2, 0.25) is 5.91 Å². The highest BCUT2D eigenvalue weighted by Gasteiger charge is 2.40. The van der Waals surface area contributed by atoms with E-state index in [0.29, 0.717) is 31.6 Å². The molecule has 0 bridgehead atoms. The topological polar surface area (TPSA) is 60.8 Å². The molecule has 6 heteroatoms. The number of aliphatic hydroxyl groups is 2. The van der Waals surface area contributed by atoms with E-state index in [4.69, 9.17) is 0 Å². The van der Waals surface area contributed by atoms with Crippen LogP contribution in [0.5, 0.6) is 0 Å². The Morgan fingerprint density at radius 2 is 2.13 bits per heavy atom. The molecule has 1 heterocycles. The predicted octanol–water partition coefficient (Wildman–Crippen LogP) is 2.18. The van der Waals surface area contributed by atoms with Crippen molar-refractivity contribution in [1.29, 1.82) is 0 Å². The van der Waals surface area contributed by atoms with Crippen LogP contribution in [0.25, 0.3) is 0 Å². The SMILES string of the molecule is CC[C@@]1(O)CCN(C(=O)CCSCc2ccc(F)cc2)C[C@H]1O. The first-order chi connectivity index (χ1) is 10.9. The lowest BCUT2D eigenvalue weighted by molar-refractivity contribution is -0.149. The number of aliphatic hydroxyl groups excluding tert-OH is 1. The standard InChI is InChI=1S/C17H24FNO3S/c1-2-17(22)8-9-19(11-15(17)20)16(21)7-10-23-12-13-3-5-14(18)6-4-13/h3-6,15,20,22H,2,7-12H2,1H3/t15-,17-/m1/s1. The van der Waals surface area contributed by atoms with Crippen molar-refractivity contribution in [3.63, 3.8) is 0 Å². The van der Waals surface area contributed by atoms with Gasteiger partial charge in [0.05, 0.1) is 5.60 Å². The van der Waals surface area contributed by atoms with Crippen LogP contribution in [0.2, 0.25) is 0 Å². The maximum atomic E-state index is 12.8. The number of amides is 1. The van der Waals surface area contributed by atoms with Crippen molar-refractivity contribution in [3.05, 3.63) is 35.6 Å². The Kier molecular flexibility index (Phi) is 6.44. The van der Waals surface area contributed by atoms with E-state index >= 15 is 0 Å². The molecular formula is C17H24FNO3S. The molecule has 0 radical (unpaired) electrons. The van der Waals surface area contributed by atoms with Crippen LogP contribution in [0.1, 0.15) is 31.7 Å². The van der Waals surface area contributed by atoms with Crippen LogP contribution in [0, 0.1) is 5.82 Å². The van der Waals surface area contributed by atoms with Gasteiger partial charge in [0.15, 0.2) is 0 Å². The summed E-state index contributed by atoms with van der Waals surface area (Å²) in [5.41, 5.74) is -0.0288. The van der Waals surface area contributed by atoms with Crippen LogP contribution in [0.3, 0.4) is 0 Å². The van der Waals surface area contributed by atoms with Crippen LogP contribution in [0.4, 0.5) is 4.39 Å². The highest BCUT2D eigenvalue weighted by Crippen LogP contribution is 2.26. The Bertz CT molecular complexity index is 525. The fraction of sp³-hybridized carbons (Fsp3) is 0.588. The summed E-state index contributed by atoms with van der Waals surface area (Å²) in [6.07, 6.45) is 0.434. The molecule has 0 aliphatic carbocycles. The van der Waals surface area contributed by atoms with Crippen molar-refractivity contribution < 1.29 is 19.4 Å². The molecule has 1 aromatic carbocycles. The first kappa shape index (κ1) is 18.2. The maximum Gasteiger partial charge on any atom is 0.223 e. The third kappa shape index (κ3) is 4.93. The van der Waals surface area contributed by atoms with Gasteiger partial charge >= 0.3 is 0 Å². The normalized spacial score (nSPS) is 24.7. The Balaban J connectivity index is 1.70. The van der Waals surface area contributed by atoms with Crippen LogP contribution in [-0.4, -0.2) is 51.6 Å². The molecule has 2 rings (SSSR count). The fourth-order valence-electron chi connectivity index (χ4n) is 2.69. The van der Waals surface area contributed by atoms with E-state index in [1.54, 1.807) is 28.8 Å². The van der Waals surface area contributed by atoms with Crippen molar-refractivity contribution >= 4 is 17.7 Å². The minimum absolute atomic E-state index is 0.00816.